The van der Waals surface area contributed by atoms with Gasteiger partial charge >= 0.3 is 5.97 Å². The highest BCUT2D eigenvalue weighted by atomic mass is 32.1. The number of hydrogen-bond acceptors (Lipinski definition) is 6. The lowest BCUT2D eigenvalue weighted by atomic mass is 10.1. The van der Waals surface area contributed by atoms with Gasteiger partial charge in [0.1, 0.15) is 5.00 Å². The molecular weight excluding hydrogens is 316 g/mol. The van der Waals surface area contributed by atoms with Crippen LogP contribution in [0.15, 0.2) is 29.3 Å². The van der Waals surface area contributed by atoms with Crippen LogP contribution in [-0.2, 0) is 4.74 Å². The molecule has 0 fully saturated rings. The standard InChI is InChI=1S/C16H16N2O4S/c1-4-22-16(19)14-10(2)11(3)23-15(14)17-9-12-6-5-7-13(8-12)18(20)21/h5-9H,4H2,1-3H3/b17-9+. The SMILES string of the molecule is CCOC(=O)c1c(/N=C/c2cccc([N+](=O)[O-])c2)sc(C)c1C. The number of nitro groups is 1. The molecule has 23 heavy (non-hydrogen) atoms. The quantitative estimate of drug-likeness (QED) is 0.355. The van der Waals surface area contributed by atoms with Gasteiger partial charge in [-0.25, -0.2) is 9.79 Å². The Morgan fingerprint density at radius 1 is 1.43 bits per heavy atom. The summed E-state index contributed by atoms with van der Waals surface area (Å²) >= 11 is 1.39. The summed E-state index contributed by atoms with van der Waals surface area (Å²) in [6.45, 7) is 5.80. The first-order chi connectivity index (χ1) is 10.9. The number of non-ortho nitro benzene ring substituents is 1. The van der Waals surface area contributed by atoms with Crippen molar-refractivity contribution in [2.24, 2.45) is 4.99 Å². The third-order valence-corrected chi connectivity index (χ3v) is 4.37. The maximum absolute atomic E-state index is 12.1. The van der Waals surface area contributed by atoms with Crippen molar-refractivity contribution in [3.8, 4) is 0 Å². The number of thiophene rings is 1. The van der Waals surface area contributed by atoms with E-state index in [1.54, 1.807) is 19.1 Å². The van der Waals surface area contributed by atoms with Crippen molar-refractivity contribution in [3.05, 3.63) is 55.9 Å². The molecule has 0 radical (unpaired) electrons. The lowest BCUT2D eigenvalue weighted by Crippen LogP contribution is -2.05. The molecule has 7 heteroatoms. The van der Waals surface area contributed by atoms with Gasteiger partial charge in [0.25, 0.3) is 5.69 Å². The average Bonchev–Trinajstić information content (AvgIpc) is 2.80. The van der Waals surface area contributed by atoms with Crippen LogP contribution in [0.1, 0.15) is 33.3 Å². The molecule has 0 amide bonds. The van der Waals surface area contributed by atoms with E-state index in [0.717, 1.165) is 10.4 Å². The first kappa shape index (κ1) is 16.8. The minimum atomic E-state index is -0.458. The monoisotopic (exact) mass is 332 g/mol. The number of nitrogens with zero attached hydrogens (tertiary/aromatic N) is 2. The number of ether oxygens (including phenoxy) is 1. The Hall–Kier alpha value is -2.54. The fourth-order valence-corrected chi connectivity index (χ4v) is 2.98. The molecule has 120 valence electrons. The van der Waals surface area contributed by atoms with Crippen LogP contribution in [0.3, 0.4) is 0 Å². The van der Waals surface area contributed by atoms with Gasteiger partial charge in [0.2, 0.25) is 0 Å². The third-order valence-electron chi connectivity index (χ3n) is 3.26. The molecule has 2 aromatic rings. The lowest BCUT2D eigenvalue weighted by Gasteiger charge is -2.02. The van der Waals surface area contributed by atoms with E-state index in [-0.39, 0.29) is 5.69 Å². The highest BCUT2D eigenvalue weighted by molar-refractivity contribution is 7.16. The molecule has 1 heterocycles. The molecule has 6 nitrogen and oxygen atoms in total. The Bertz CT molecular complexity index is 780. The number of aryl methyl sites for hydroxylation is 1. The second-order valence-electron chi connectivity index (χ2n) is 4.79. The third kappa shape index (κ3) is 3.81. The van der Waals surface area contributed by atoms with Gasteiger partial charge in [0.05, 0.1) is 17.1 Å². The van der Waals surface area contributed by atoms with E-state index in [2.05, 4.69) is 4.99 Å². The van der Waals surface area contributed by atoms with Gasteiger partial charge in [-0.3, -0.25) is 10.1 Å². The second kappa shape index (κ2) is 7.15. The number of esters is 1. The summed E-state index contributed by atoms with van der Waals surface area (Å²) in [4.78, 5) is 27.7. The summed E-state index contributed by atoms with van der Waals surface area (Å²) in [5, 5.41) is 11.3. The molecule has 0 bridgehead atoms. The molecule has 0 saturated carbocycles. The van der Waals surface area contributed by atoms with Gasteiger partial charge in [0.15, 0.2) is 0 Å². The summed E-state index contributed by atoms with van der Waals surface area (Å²) in [6, 6.07) is 6.16. The van der Waals surface area contributed by atoms with E-state index >= 15 is 0 Å². The van der Waals surface area contributed by atoms with Crippen LogP contribution in [0.4, 0.5) is 10.7 Å². The number of carbonyl (C=O) groups is 1. The number of benzene rings is 1. The molecule has 0 saturated heterocycles. The van der Waals surface area contributed by atoms with Crippen LogP contribution >= 0.6 is 11.3 Å². The second-order valence-corrected chi connectivity index (χ2v) is 6.00. The molecule has 0 aliphatic heterocycles. The first-order valence-electron chi connectivity index (χ1n) is 6.99. The zero-order valence-electron chi connectivity index (χ0n) is 13.0. The zero-order valence-corrected chi connectivity index (χ0v) is 13.8. The Kier molecular flexibility index (Phi) is 5.23. The number of rotatable bonds is 5. The molecule has 1 aromatic carbocycles. The van der Waals surface area contributed by atoms with E-state index in [0.29, 0.717) is 22.7 Å². The van der Waals surface area contributed by atoms with Gasteiger partial charge in [-0.2, -0.15) is 0 Å². The fourth-order valence-electron chi connectivity index (χ4n) is 2.00. The van der Waals surface area contributed by atoms with Gasteiger partial charge in [0, 0.05) is 23.2 Å². The van der Waals surface area contributed by atoms with Crippen molar-refractivity contribution in [1.82, 2.24) is 0 Å². The van der Waals surface area contributed by atoms with E-state index in [9.17, 15) is 14.9 Å². The van der Waals surface area contributed by atoms with Crippen LogP contribution < -0.4 is 0 Å². The molecule has 0 aliphatic rings. The minimum absolute atomic E-state index is 0.00175. The summed E-state index contributed by atoms with van der Waals surface area (Å²) in [5.74, 6) is -0.402. The van der Waals surface area contributed by atoms with Crippen molar-refractivity contribution < 1.29 is 14.5 Å². The largest absolute Gasteiger partial charge is 0.462 e. The normalized spacial score (nSPS) is 10.9. The molecule has 0 atom stereocenters. The van der Waals surface area contributed by atoms with Gasteiger partial charge in [-0.15, -0.1) is 11.3 Å². The van der Waals surface area contributed by atoms with Gasteiger partial charge < -0.3 is 4.74 Å². The number of hydrogen-bond donors (Lipinski definition) is 0. The first-order valence-corrected chi connectivity index (χ1v) is 7.81. The summed E-state index contributed by atoms with van der Waals surface area (Å²) in [5.41, 5.74) is 1.89. The number of nitro benzene ring substituents is 1. The predicted molar refractivity (Wildman–Crippen MR) is 90.1 cm³/mol. The molecule has 2 rings (SSSR count). The smallest absolute Gasteiger partial charge is 0.341 e. The van der Waals surface area contributed by atoms with Gasteiger partial charge in [-0.1, -0.05) is 12.1 Å². The van der Waals surface area contributed by atoms with Crippen molar-refractivity contribution in [3.63, 3.8) is 0 Å². The predicted octanol–water partition coefficient (Wildman–Crippen LogP) is 4.20. The van der Waals surface area contributed by atoms with Crippen LogP contribution in [-0.4, -0.2) is 23.7 Å². The van der Waals surface area contributed by atoms with E-state index in [1.807, 2.05) is 13.8 Å². The van der Waals surface area contributed by atoms with Crippen LogP contribution in [0.5, 0.6) is 0 Å². The van der Waals surface area contributed by atoms with Crippen molar-refractivity contribution in [2.45, 2.75) is 20.8 Å². The molecule has 1 aromatic heterocycles. The summed E-state index contributed by atoms with van der Waals surface area (Å²) < 4.78 is 5.07. The fraction of sp³-hybridized carbons (Fsp3) is 0.250. The topological polar surface area (TPSA) is 81.8 Å². The zero-order chi connectivity index (χ0) is 17.0. The van der Waals surface area contributed by atoms with E-state index in [1.165, 1.54) is 29.7 Å². The minimum Gasteiger partial charge on any atom is -0.462 e. The lowest BCUT2D eigenvalue weighted by molar-refractivity contribution is -0.384. The number of carbonyl (C=O) groups excluding carboxylic acids is 1. The molecule has 0 aliphatic carbocycles. The Labute approximate surface area is 137 Å². The highest BCUT2D eigenvalue weighted by Gasteiger charge is 2.20. The average molecular weight is 332 g/mol. The molecule has 0 spiro atoms. The highest BCUT2D eigenvalue weighted by Crippen LogP contribution is 2.35. The van der Waals surface area contributed by atoms with Gasteiger partial charge in [-0.05, 0) is 31.9 Å². The Balaban J connectivity index is 2.36. The summed E-state index contributed by atoms with van der Waals surface area (Å²) in [6.07, 6.45) is 1.51. The Morgan fingerprint density at radius 2 is 2.17 bits per heavy atom. The van der Waals surface area contributed by atoms with Crippen molar-refractivity contribution in [1.29, 1.82) is 0 Å². The maximum Gasteiger partial charge on any atom is 0.341 e. The molecule has 0 unspecified atom stereocenters. The maximum atomic E-state index is 12.1. The molecular formula is C16H16N2O4S. The van der Waals surface area contributed by atoms with E-state index in [4.69, 9.17) is 4.74 Å². The van der Waals surface area contributed by atoms with Crippen LogP contribution in [0.25, 0.3) is 0 Å². The van der Waals surface area contributed by atoms with E-state index < -0.39 is 10.9 Å². The van der Waals surface area contributed by atoms with Crippen molar-refractivity contribution in [2.75, 3.05) is 6.61 Å². The van der Waals surface area contributed by atoms with Crippen LogP contribution in [0, 0.1) is 24.0 Å². The number of aliphatic imine (C=N–C) groups is 1. The molecule has 0 N–H and O–H groups in total. The van der Waals surface area contributed by atoms with Crippen LogP contribution in [0.2, 0.25) is 0 Å². The summed E-state index contributed by atoms with van der Waals surface area (Å²) in [7, 11) is 0. The Morgan fingerprint density at radius 3 is 2.83 bits per heavy atom. The van der Waals surface area contributed by atoms with Crippen molar-refractivity contribution >= 4 is 34.2 Å².